The number of furan rings is 1. The molecule has 0 saturated heterocycles. The topological polar surface area (TPSA) is 125 Å². The van der Waals surface area contributed by atoms with Crippen molar-refractivity contribution in [2.75, 3.05) is 12.3 Å². The highest BCUT2D eigenvalue weighted by Crippen LogP contribution is 2.33. The Balaban J connectivity index is 1.24. The first kappa shape index (κ1) is 32.0. The molecule has 0 aliphatic heterocycles. The van der Waals surface area contributed by atoms with Crippen molar-refractivity contribution < 1.29 is 22.2 Å². The lowest BCUT2D eigenvalue weighted by molar-refractivity contribution is 0.0956. The zero-order valence-corrected chi connectivity index (χ0v) is 27.3. The van der Waals surface area contributed by atoms with Gasteiger partial charge in [0.15, 0.2) is 0 Å². The highest BCUT2D eigenvalue weighted by Gasteiger charge is 2.21. The van der Waals surface area contributed by atoms with Crippen molar-refractivity contribution in [2.24, 2.45) is 0 Å². The van der Waals surface area contributed by atoms with Crippen LogP contribution in [0.3, 0.4) is 0 Å². The van der Waals surface area contributed by atoms with Gasteiger partial charge in [-0.1, -0.05) is 99.6 Å². The van der Waals surface area contributed by atoms with Gasteiger partial charge >= 0.3 is 0 Å². The van der Waals surface area contributed by atoms with Crippen LogP contribution < -0.4 is 5.32 Å². The van der Waals surface area contributed by atoms with Crippen LogP contribution in [0.1, 0.15) is 59.6 Å². The Kier molecular flexibility index (Phi) is 8.86. The molecule has 1 amide bonds. The quantitative estimate of drug-likeness (QED) is 0.130. The minimum Gasteiger partial charge on any atom is -0.456 e. The number of hydrogen-bond donors (Lipinski definition) is 3. The molecule has 0 aliphatic rings. The van der Waals surface area contributed by atoms with E-state index in [0.29, 0.717) is 12.0 Å². The van der Waals surface area contributed by atoms with Crippen LogP contribution in [0.15, 0.2) is 114 Å². The van der Waals surface area contributed by atoms with Crippen molar-refractivity contribution in [1.82, 2.24) is 15.3 Å². The van der Waals surface area contributed by atoms with E-state index < -0.39 is 21.8 Å². The van der Waals surface area contributed by atoms with Gasteiger partial charge in [-0.15, -0.1) is 0 Å². The van der Waals surface area contributed by atoms with E-state index in [-0.39, 0.29) is 17.9 Å². The van der Waals surface area contributed by atoms with Gasteiger partial charge in [0.2, 0.25) is 0 Å². The maximum atomic E-state index is 12.5. The van der Waals surface area contributed by atoms with E-state index in [4.69, 9.17) is 14.0 Å². The molecule has 4 aromatic carbocycles. The van der Waals surface area contributed by atoms with Crippen LogP contribution >= 0.6 is 0 Å². The summed E-state index contributed by atoms with van der Waals surface area (Å²) in [6, 6.07) is 34.1. The van der Waals surface area contributed by atoms with E-state index in [0.717, 1.165) is 50.5 Å². The zero-order chi connectivity index (χ0) is 33.2. The van der Waals surface area contributed by atoms with Crippen LogP contribution in [0.5, 0.6) is 0 Å². The Morgan fingerprint density at radius 1 is 0.915 bits per heavy atom. The number of rotatable bonds is 10. The average molecular weight is 648 g/mol. The van der Waals surface area contributed by atoms with Crippen molar-refractivity contribution >= 4 is 27.0 Å². The van der Waals surface area contributed by atoms with Crippen molar-refractivity contribution in [3.8, 4) is 22.6 Å². The first-order chi connectivity index (χ1) is 22.4. The number of nitrogens with zero attached hydrogens (tertiary/aromatic N) is 1. The largest absolute Gasteiger partial charge is 0.456 e. The molecule has 47 heavy (non-hydrogen) atoms. The van der Waals surface area contributed by atoms with Crippen molar-refractivity contribution in [3.63, 3.8) is 0 Å². The molecule has 3 N–H and O–H groups in total. The van der Waals surface area contributed by atoms with Gasteiger partial charge in [0.1, 0.15) is 17.2 Å². The summed E-state index contributed by atoms with van der Waals surface area (Å²) >= 11 is 0. The Labute approximate surface area is 274 Å². The van der Waals surface area contributed by atoms with Gasteiger partial charge in [0.25, 0.3) is 16.0 Å². The fourth-order valence-corrected chi connectivity index (χ4v) is 5.97. The van der Waals surface area contributed by atoms with E-state index in [1.165, 1.54) is 5.56 Å². The van der Waals surface area contributed by atoms with Crippen molar-refractivity contribution in [2.45, 2.75) is 38.5 Å². The molecule has 0 radical (unpaired) electrons. The molecular weight excluding hydrogens is 611 g/mol. The van der Waals surface area contributed by atoms with Gasteiger partial charge in [-0.2, -0.15) is 8.42 Å². The third-order valence-electron chi connectivity index (χ3n) is 8.31. The molecule has 240 valence electrons. The Hall–Kier alpha value is -4.99. The lowest BCUT2D eigenvalue weighted by atomic mass is 9.84. The standard InChI is InChI=1S/C38H37N3O5S/c1-38(2,3)31-18-16-26(17-19-31)32(22-25-8-10-29(11-9-25)37(42)39-20-21-47(43,44)45)36-40-24-33(41-36)27-12-14-28(15-13-27)35-23-30-6-4-5-7-34(30)46-35/h4-19,23-24,32H,20-22H2,1-3H3,(H,39,42)(H,40,41)(H,43,44,45). The first-order valence-corrected chi connectivity index (χ1v) is 17.1. The zero-order valence-electron chi connectivity index (χ0n) is 26.5. The molecule has 0 aliphatic carbocycles. The number of nitrogens with one attached hydrogen (secondary N) is 2. The van der Waals surface area contributed by atoms with Gasteiger partial charge in [-0.3, -0.25) is 9.35 Å². The summed E-state index contributed by atoms with van der Waals surface area (Å²) < 4.78 is 36.9. The van der Waals surface area contributed by atoms with Crippen LogP contribution in [0.2, 0.25) is 0 Å². The van der Waals surface area contributed by atoms with Gasteiger partial charge in [-0.25, -0.2) is 4.98 Å². The second kappa shape index (κ2) is 13.0. The summed E-state index contributed by atoms with van der Waals surface area (Å²) in [5, 5.41) is 3.59. The number of hydrogen-bond acceptors (Lipinski definition) is 5. The molecule has 0 fully saturated rings. The third kappa shape index (κ3) is 7.70. The highest BCUT2D eigenvalue weighted by atomic mass is 32.2. The van der Waals surface area contributed by atoms with Crippen LogP contribution in [-0.4, -0.2) is 41.1 Å². The molecule has 2 aromatic heterocycles. The minimum absolute atomic E-state index is 0.0260. The predicted octanol–water partition coefficient (Wildman–Crippen LogP) is 7.78. The maximum absolute atomic E-state index is 12.5. The molecular formula is C38H37N3O5S. The van der Waals surface area contributed by atoms with E-state index in [1.54, 1.807) is 12.1 Å². The number of fused-ring (bicyclic) bond motifs is 1. The number of carbonyl (C=O) groups is 1. The lowest BCUT2D eigenvalue weighted by Gasteiger charge is -2.21. The van der Waals surface area contributed by atoms with Crippen molar-refractivity contribution in [3.05, 3.63) is 137 Å². The lowest BCUT2D eigenvalue weighted by Crippen LogP contribution is -2.28. The van der Waals surface area contributed by atoms with Gasteiger partial charge in [0.05, 0.1) is 17.6 Å². The summed E-state index contributed by atoms with van der Waals surface area (Å²) in [6.07, 6.45) is 2.50. The number of aromatic nitrogens is 2. The average Bonchev–Trinajstić information content (AvgIpc) is 3.71. The summed E-state index contributed by atoms with van der Waals surface area (Å²) in [6.45, 7) is 6.41. The summed E-state index contributed by atoms with van der Waals surface area (Å²) in [5.41, 5.74) is 7.58. The number of imidazole rings is 1. The second-order valence-electron chi connectivity index (χ2n) is 12.8. The van der Waals surface area contributed by atoms with Gasteiger partial charge < -0.3 is 14.7 Å². The maximum Gasteiger partial charge on any atom is 0.266 e. The number of aromatic amines is 1. The molecule has 0 bridgehead atoms. The summed E-state index contributed by atoms with van der Waals surface area (Å²) in [5.74, 6) is 0.627. The highest BCUT2D eigenvalue weighted by molar-refractivity contribution is 7.85. The SMILES string of the molecule is CC(C)(C)c1ccc(C(Cc2ccc(C(=O)NCCS(=O)(=O)O)cc2)c2ncc(-c3ccc(-c4cc5ccccc5o4)cc3)[nH]2)cc1. The van der Waals surface area contributed by atoms with E-state index in [2.05, 4.69) is 85.7 Å². The molecule has 6 aromatic rings. The Bertz CT molecular complexity index is 2070. The first-order valence-electron chi connectivity index (χ1n) is 15.5. The van der Waals surface area contributed by atoms with Crippen LogP contribution in [0, 0.1) is 0 Å². The monoisotopic (exact) mass is 647 g/mol. The van der Waals surface area contributed by atoms with Crippen LogP contribution in [0.25, 0.3) is 33.6 Å². The van der Waals surface area contributed by atoms with Crippen molar-refractivity contribution in [1.29, 1.82) is 0 Å². The Morgan fingerprint density at radius 3 is 2.26 bits per heavy atom. The van der Waals surface area contributed by atoms with Gasteiger partial charge in [0, 0.05) is 29.0 Å². The molecule has 1 unspecified atom stereocenters. The number of H-pyrrole nitrogens is 1. The van der Waals surface area contributed by atoms with Crippen LogP contribution in [0.4, 0.5) is 0 Å². The summed E-state index contributed by atoms with van der Waals surface area (Å²) in [4.78, 5) is 20.9. The number of carbonyl (C=O) groups excluding carboxylic acids is 1. The molecule has 2 heterocycles. The number of para-hydroxylation sites is 1. The summed E-state index contributed by atoms with van der Waals surface area (Å²) in [7, 11) is -4.15. The fraction of sp³-hybridized carbons (Fsp3) is 0.211. The normalized spacial score (nSPS) is 12.7. The number of benzene rings is 4. The molecule has 0 saturated carbocycles. The number of amides is 1. The van der Waals surface area contributed by atoms with E-state index >= 15 is 0 Å². The predicted molar refractivity (Wildman–Crippen MR) is 185 cm³/mol. The molecule has 6 rings (SSSR count). The van der Waals surface area contributed by atoms with E-state index in [9.17, 15) is 13.2 Å². The molecule has 0 spiro atoms. The van der Waals surface area contributed by atoms with E-state index in [1.807, 2.05) is 42.6 Å². The smallest absolute Gasteiger partial charge is 0.266 e. The molecule has 1 atom stereocenters. The molecule has 9 heteroatoms. The van der Waals surface area contributed by atoms with Gasteiger partial charge in [-0.05, 0) is 58.4 Å². The third-order valence-corrected chi connectivity index (χ3v) is 9.03. The minimum atomic E-state index is -4.15. The second-order valence-corrected chi connectivity index (χ2v) is 14.3. The van der Waals surface area contributed by atoms with Crippen LogP contribution in [-0.2, 0) is 22.0 Å². The fourth-order valence-electron chi connectivity index (χ4n) is 5.61. The Morgan fingerprint density at radius 2 is 1.60 bits per heavy atom. The molecule has 8 nitrogen and oxygen atoms in total.